The summed E-state index contributed by atoms with van der Waals surface area (Å²) in [5.41, 5.74) is 5.14. The monoisotopic (exact) mass is 188 g/mol. The Balaban J connectivity index is 3.17. The van der Waals surface area contributed by atoms with E-state index in [-0.39, 0.29) is 15.6 Å². The molecule has 1 heterocycles. The van der Waals surface area contributed by atoms with Gasteiger partial charge in [0.1, 0.15) is 4.88 Å². The lowest BCUT2D eigenvalue weighted by Crippen LogP contribution is -1.96. The van der Waals surface area contributed by atoms with Crippen LogP contribution in [-0.4, -0.2) is 16.0 Å². The first-order chi connectivity index (χ1) is 5.52. The molecular weight excluding hydrogens is 184 g/mol. The molecule has 6 nitrogen and oxygen atoms in total. The molecule has 0 amide bonds. The number of thiophene rings is 1. The van der Waals surface area contributed by atoms with Crippen molar-refractivity contribution in [3.8, 4) is 0 Å². The molecule has 7 heteroatoms. The number of carboxylic acids is 1. The Kier molecular flexibility index (Phi) is 1.96. The topological polar surface area (TPSA) is 106 Å². The lowest BCUT2D eigenvalue weighted by atomic mass is 10.4. The zero-order valence-corrected chi connectivity index (χ0v) is 6.50. The maximum absolute atomic E-state index is 10.4. The fourth-order valence-corrected chi connectivity index (χ4v) is 1.38. The van der Waals surface area contributed by atoms with Crippen molar-refractivity contribution in [1.29, 1.82) is 0 Å². The summed E-state index contributed by atoms with van der Waals surface area (Å²) in [7, 11) is 0. The summed E-state index contributed by atoms with van der Waals surface area (Å²) >= 11 is 0.552. The van der Waals surface area contributed by atoms with E-state index in [1.807, 2.05) is 0 Å². The van der Waals surface area contributed by atoms with Crippen molar-refractivity contribution < 1.29 is 14.8 Å². The van der Waals surface area contributed by atoms with Crippen LogP contribution in [0.15, 0.2) is 6.07 Å². The van der Waals surface area contributed by atoms with E-state index in [4.69, 9.17) is 10.8 Å². The number of nitrogen functional groups attached to an aromatic ring is 1. The molecule has 0 aliphatic rings. The highest BCUT2D eigenvalue weighted by molar-refractivity contribution is 7.17. The number of carbonyl (C=O) groups is 1. The average molecular weight is 188 g/mol. The van der Waals surface area contributed by atoms with Gasteiger partial charge in [-0.2, -0.15) is 0 Å². The van der Waals surface area contributed by atoms with Crippen LogP contribution in [0.4, 0.5) is 10.7 Å². The van der Waals surface area contributed by atoms with Crippen LogP contribution in [-0.2, 0) is 0 Å². The van der Waals surface area contributed by atoms with E-state index in [1.54, 1.807) is 0 Å². The summed E-state index contributed by atoms with van der Waals surface area (Å²) in [6.07, 6.45) is 0. The molecular formula is C5H4N2O4S. The number of hydrogen-bond acceptors (Lipinski definition) is 5. The van der Waals surface area contributed by atoms with Crippen LogP contribution in [0.5, 0.6) is 0 Å². The second-order valence-corrected chi connectivity index (χ2v) is 2.96. The van der Waals surface area contributed by atoms with Crippen LogP contribution >= 0.6 is 11.3 Å². The van der Waals surface area contributed by atoms with E-state index in [0.29, 0.717) is 11.3 Å². The number of nitrogens with two attached hydrogens (primary N) is 1. The SMILES string of the molecule is Nc1cc([N+](=O)[O-])sc1C(=O)O. The van der Waals surface area contributed by atoms with Gasteiger partial charge in [0.05, 0.1) is 16.7 Å². The standard InChI is InChI=1S/C5H4N2O4S/c6-2-1-3(7(10)11)12-4(2)5(8)9/h1H,6H2,(H,8,9). The van der Waals surface area contributed by atoms with Gasteiger partial charge in [0.15, 0.2) is 0 Å². The lowest BCUT2D eigenvalue weighted by Gasteiger charge is -1.85. The molecule has 0 fully saturated rings. The Morgan fingerprint density at radius 3 is 2.58 bits per heavy atom. The Morgan fingerprint density at radius 1 is 1.75 bits per heavy atom. The molecule has 0 radical (unpaired) electrons. The molecule has 0 saturated carbocycles. The van der Waals surface area contributed by atoms with Crippen LogP contribution in [0.3, 0.4) is 0 Å². The minimum atomic E-state index is -1.24. The molecule has 64 valence electrons. The van der Waals surface area contributed by atoms with E-state index in [1.165, 1.54) is 0 Å². The highest BCUT2D eigenvalue weighted by Crippen LogP contribution is 2.30. The molecule has 0 aromatic carbocycles. The molecule has 0 aliphatic carbocycles. The molecule has 0 saturated heterocycles. The molecule has 0 bridgehead atoms. The number of carboxylic acid groups (broad SMARTS) is 1. The minimum absolute atomic E-state index is 0.0702. The largest absolute Gasteiger partial charge is 0.477 e. The Hall–Kier alpha value is -1.63. The van der Waals surface area contributed by atoms with Gasteiger partial charge in [-0.25, -0.2) is 4.79 Å². The Bertz CT molecular complexity index is 345. The van der Waals surface area contributed by atoms with Crippen molar-refractivity contribution in [2.75, 3.05) is 5.73 Å². The number of anilines is 1. The molecule has 3 N–H and O–H groups in total. The summed E-state index contributed by atoms with van der Waals surface area (Å²) in [4.78, 5) is 19.7. The maximum Gasteiger partial charge on any atom is 0.348 e. The average Bonchev–Trinajstić information content (AvgIpc) is 2.30. The summed E-state index contributed by atoms with van der Waals surface area (Å²) in [5.74, 6) is -1.24. The van der Waals surface area contributed by atoms with E-state index in [0.717, 1.165) is 6.07 Å². The first-order valence-electron chi connectivity index (χ1n) is 2.79. The van der Waals surface area contributed by atoms with E-state index in [9.17, 15) is 14.9 Å². The van der Waals surface area contributed by atoms with Gasteiger partial charge in [-0.1, -0.05) is 11.3 Å². The van der Waals surface area contributed by atoms with Gasteiger partial charge in [0.2, 0.25) is 0 Å². The number of hydrogen-bond donors (Lipinski definition) is 2. The minimum Gasteiger partial charge on any atom is -0.477 e. The van der Waals surface area contributed by atoms with Gasteiger partial charge in [-0.15, -0.1) is 0 Å². The van der Waals surface area contributed by atoms with Gasteiger partial charge in [0, 0.05) is 0 Å². The molecule has 1 aromatic heterocycles. The zero-order chi connectivity index (χ0) is 9.30. The van der Waals surface area contributed by atoms with E-state index < -0.39 is 10.9 Å². The summed E-state index contributed by atoms with van der Waals surface area (Å²) in [6, 6.07) is 1.04. The third kappa shape index (κ3) is 1.35. The van der Waals surface area contributed by atoms with Crippen molar-refractivity contribution >= 4 is 28.0 Å². The van der Waals surface area contributed by atoms with Gasteiger partial charge in [-0.05, 0) is 0 Å². The molecule has 0 unspecified atom stereocenters. The third-order valence-corrected chi connectivity index (χ3v) is 2.21. The second-order valence-electron chi connectivity index (χ2n) is 1.93. The van der Waals surface area contributed by atoms with Crippen LogP contribution < -0.4 is 5.73 Å². The molecule has 0 atom stereocenters. The Morgan fingerprint density at radius 2 is 2.33 bits per heavy atom. The summed E-state index contributed by atoms with van der Waals surface area (Å²) in [5, 5.41) is 18.4. The Labute approximate surface area is 70.4 Å². The van der Waals surface area contributed by atoms with E-state index >= 15 is 0 Å². The first kappa shape index (κ1) is 8.47. The predicted octanol–water partition coefficient (Wildman–Crippen LogP) is 0.937. The fraction of sp³-hybridized carbons (Fsp3) is 0. The number of rotatable bonds is 2. The molecule has 0 aliphatic heterocycles. The normalized spacial score (nSPS) is 9.67. The highest BCUT2D eigenvalue weighted by atomic mass is 32.1. The maximum atomic E-state index is 10.4. The lowest BCUT2D eigenvalue weighted by molar-refractivity contribution is -0.380. The first-order valence-corrected chi connectivity index (χ1v) is 3.61. The van der Waals surface area contributed by atoms with Gasteiger partial charge >= 0.3 is 11.0 Å². The third-order valence-electron chi connectivity index (χ3n) is 1.12. The molecule has 12 heavy (non-hydrogen) atoms. The fourth-order valence-electron chi connectivity index (χ4n) is 0.649. The number of aromatic carboxylic acids is 1. The number of nitrogens with zero attached hydrogens (tertiary/aromatic N) is 1. The van der Waals surface area contributed by atoms with Crippen LogP contribution in [0.2, 0.25) is 0 Å². The van der Waals surface area contributed by atoms with Crippen molar-refractivity contribution in [2.24, 2.45) is 0 Å². The van der Waals surface area contributed by atoms with Crippen molar-refractivity contribution in [2.45, 2.75) is 0 Å². The van der Waals surface area contributed by atoms with Crippen LogP contribution in [0.25, 0.3) is 0 Å². The predicted molar refractivity (Wildman–Crippen MR) is 42.3 cm³/mol. The van der Waals surface area contributed by atoms with Crippen molar-refractivity contribution in [3.63, 3.8) is 0 Å². The van der Waals surface area contributed by atoms with Gasteiger partial charge in [-0.3, -0.25) is 10.1 Å². The quantitative estimate of drug-likeness (QED) is 0.530. The highest BCUT2D eigenvalue weighted by Gasteiger charge is 2.18. The summed E-state index contributed by atoms with van der Waals surface area (Å²) in [6.45, 7) is 0. The zero-order valence-electron chi connectivity index (χ0n) is 5.68. The second kappa shape index (κ2) is 2.78. The van der Waals surface area contributed by atoms with Gasteiger partial charge < -0.3 is 10.8 Å². The van der Waals surface area contributed by atoms with Gasteiger partial charge in [0.25, 0.3) is 0 Å². The van der Waals surface area contributed by atoms with Crippen LogP contribution in [0.1, 0.15) is 9.67 Å². The summed E-state index contributed by atoms with van der Waals surface area (Å²) < 4.78 is 0. The van der Waals surface area contributed by atoms with Crippen molar-refractivity contribution in [3.05, 3.63) is 21.1 Å². The van der Waals surface area contributed by atoms with Crippen LogP contribution in [0, 0.1) is 10.1 Å². The molecule has 1 aromatic rings. The molecule has 1 rings (SSSR count). The van der Waals surface area contributed by atoms with Crippen molar-refractivity contribution in [1.82, 2.24) is 0 Å². The number of nitro groups is 1. The smallest absolute Gasteiger partial charge is 0.348 e. The van der Waals surface area contributed by atoms with E-state index in [2.05, 4.69) is 0 Å². The molecule has 0 spiro atoms.